The fourth-order valence-corrected chi connectivity index (χ4v) is 1.97. The number of alkyl halides is 1. The molecule has 0 bridgehead atoms. The predicted octanol–water partition coefficient (Wildman–Crippen LogP) is 3.90. The molecule has 1 aromatic rings. The monoisotopic (exact) mass is 251 g/mol. The molecule has 1 fully saturated rings. The molecule has 1 heterocycles. The van der Waals surface area contributed by atoms with Crippen LogP contribution in [0.25, 0.3) is 0 Å². The van der Waals surface area contributed by atoms with Gasteiger partial charge in [0.2, 0.25) is 0 Å². The number of nitrogens with zero attached hydrogens (tertiary/aromatic N) is 1. The Morgan fingerprint density at radius 3 is 2.61 bits per heavy atom. The number of halogens is 1. The van der Waals surface area contributed by atoms with Gasteiger partial charge in [-0.1, -0.05) is 26.8 Å². The molecule has 1 atom stereocenters. The van der Waals surface area contributed by atoms with E-state index in [0.29, 0.717) is 30.7 Å². The van der Waals surface area contributed by atoms with Crippen molar-refractivity contribution in [2.75, 3.05) is 0 Å². The molecular weight excluding hydrogens is 229 g/mol. The normalized spacial score (nSPS) is 19.6. The molecule has 0 aromatic carbocycles. The highest BCUT2D eigenvalue weighted by Gasteiger charge is 2.46. The molecule has 0 aliphatic heterocycles. The number of rotatable bonds is 4. The molecule has 2 nitrogen and oxygen atoms in total. The largest absolute Gasteiger partial charge is 0.387 e. The summed E-state index contributed by atoms with van der Waals surface area (Å²) in [5.41, 5.74) is 0.0476. The summed E-state index contributed by atoms with van der Waals surface area (Å²) in [4.78, 5) is 4.28. The predicted molar refractivity (Wildman–Crippen MR) is 69.9 cm³/mol. The lowest BCUT2D eigenvalue weighted by Crippen LogP contribution is -2.11. The third-order valence-corrected chi connectivity index (χ3v) is 3.43. The number of hydrogen-bond donors (Lipinski definition) is 1. The number of aliphatic hydroxyl groups excluding tert-OH is 1. The second kappa shape index (κ2) is 4.61. The van der Waals surface area contributed by atoms with Gasteiger partial charge in [0.15, 0.2) is 5.67 Å². The molecule has 1 N–H and O–H groups in total. The maximum absolute atomic E-state index is 13.9. The van der Waals surface area contributed by atoms with Crippen molar-refractivity contribution in [2.24, 2.45) is 5.41 Å². The first kappa shape index (κ1) is 13.5. The number of aromatic nitrogens is 1. The average Bonchev–Trinajstić information content (AvgIpc) is 3.05. The molecule has 2 rings (SSSR count). The summed E-state index contributed by atoms with van der Waals surface area (Å²) in [6.45, 7) is 6.43. The second-order valence-corrected chi connectivity index (χ2v) is 6.53. The van der Waals surface area contributed by atoms with E-state index in [1.807, 2.05) is 0 Å². The summed E-state index contributed by atoms with van der Waals surface area (Å²) in [6.07, 6.45) is 2.11. The van der Waals surface area contributed by atoms with Crippen LogP contribution in [0.1, 0.15) is 63.9 Å². The summed E-state index contributed by atoms with van der Waals surface area (Å²) >= 11 is 0. The highest BCUT2D eigenvalue weighted by molar-refractivity contribution is 5.23. The quantitative estimate of drug-likeness (QED) is 0.880. The van der Waals surface area contributed by atoms with Crippen LogP contribution in [0.3, 0.4) is 0 Å². The topological polar surface area (TPSA) is 33.1 Å². The van der Waals surface area contributed by atoms with Gasteiger partial charge in [-0.15, -0.1) is 0 Å². The van der Waals surface area contributed by atoms with Crippen LogP contribution < -0.4 is 0 Å². The zero-order chi connectivity index (χ0) is 13.4. The number of pyridine rings is 1. The minimum Gasteiger partial charge on any atom is -0.387 e. The van der Waals surface area contributed by atoms with Crippen LogP contribution in [-0.4, -0.2) is 10.1 Å². The highest BCUT2D eigenvalue weighted by atomic mass is 19.1. The Morgan fingerprint density at radius 2 is 2.06 bits per heavy atom. The van der Waals surface area contributed by atoms with Gasteiger partial charge in [0, 0.05) is 0 Å². The summed E-state index contributed by atoms with van der Waals surface area (Å²) in [5, 5.41) is 10.1. The van der Waals surface area contributed by atoms with E-state index < -0.39 is 11.8 Å². The van der Waals surface area contributed by atoms with E-state index in [1.54, 1.807) is 18.2 Å². The van der Waals surface area contributed by atoms with Gasteiger partial charge in [-0.05, 0) is 43.2 Å². The molecule has 1 aliphatic carbocycles. The van der Waals surface area contributed by atoms with Crippen molar-refractivity contribution in [1.82, 2.24) is 4.98 Å². The van der Waals surface area contributed by atoms with Crippen LogP contribution >= 0.6 is 0 Å². The summed E-state index contributed by atoms with van der Waals surface area (Å²) < 4.78 is 13.9. The van der Waals surface area contributed by atoms with Gasteiger partial charge >= 0.3 is 0 Å². The average molecular weight is 251 g/mol. The third kappa shape index (κ3) is 3.29. The fourth-order valence-electron chi connectivity index (χ4n) is 1.97. The van der Waals surface area contributed by atoms with Crippen LogP contribution in [0.5, 0.6) is 0 Å². The van der Waals surface area contributed by atoms with Gasteiger partial charge in [-0.2, -0.15) is 0 Å². The lowest BCUT2D eigenvalue weighted by Gasteiger charge is -2.20. The molecule has 0 amide bonds. The van der Waals surface area contributed by atoms with Crippen LogP contribution in [-0.2, 0) is 5.67 Å². The molecule has 1 saturated carbocycles. The highest BCUT2D eigenvalue weighted by Crippen LogP contribution is 2.48. The molecule has 0 saturated heterocycles. The summed E-state index contributed by atoms with van der Waals surface area (Å²) in [5.74, 6) is 0. The Labute approximate surface area is 108 Å². The maximum Gasteiger partial charge on any atom is 0.153 e. The van der Waals surface area contributed by atoms with E-state index in [0.717, 1.165) is 6.42 Å². The molecule has 1 aromatic heterocycles. The van der Waals surface area contributed by atoms with Gasteiger partial charge < -0.3 is 5.11 Å². The molecular formula is C15H22FNO. The smallest absolute Gasteiger partial charge is 0.153 e. The minimum atomic E-state index is -1.22. The Bertz CT molecular complexity index is 421. The zero-order valence-electron chi connectivity index (χ0n) is 11.4. The molecule has 100 valence electrons. The summed E-state index contributed by atoms with van der Waals surface area (Å²) in [6, 6.07) is 5.28. The number of hydrogen-bond acceptors (Lipinski definition) is 2. The van der Waals surface area contributed by atoms with Crippen LogP contribution in [0.2, 0.25) is 0 Å². The molecule has 1 aliphatic rings. The number of aliphatic hydroxyl groups is 1. The first-order valence-corrected chi connectivity index (χ1v) is 6.65. The summed E-state index contributed by atoms with van der Waals surface area (Å²) in [7, 11) is 0. The zero-order valence-corrected chi connectivity index (χ0v) is 11.4. The van der Waals surface area contributed by atoms with Gasteiger partial charge in [0.05, 0.1) is 17.5 Å². The van der Waals surface area contributed by atoms with Crippen molar-refractivity contribution in [2.45, 2.75) is 58.2 Å². The Hall–Kier alpha value is -0.960. The van der Waals surface area contributed by atoms with Crippen molar-refractivity contribution >= 4 is 0 Å². The minimum absolute atomic E-state index is 0.191. The van der Waals surface area contributed by atoms with Gasteiger partial charge in [0.1, 0.15) is 0 Å². The van der Waals surface area contributed by atoms with Crippen LogP contribution in [0, 0.1) is 5.41 Å². The Morgan fingerprint density at radius 1 is 1.39 bits per heavy atom. The van der Waals surface area contributed by atoms with Crippen LogP contribution in [0.4, 0.5) is 4.39 Å². The van der Waals surface area contributed by atoms with Gasteiger partial charge in [-0.25, -0.2) is 4.39 Å². The van der Waals surface area contributed by atoms with Crippen molar-refractivity contribution < 1.29 is 9.50 Å². The molecule has 18 heavy (non-hydrogen) atoms. The molecule has 0 unspecified atom stereocenters. The van der Waals surface area contributed by atoms with E-state index in [4.69, 9.17) is 0 Å². The Balaban J connectivity index is 2.04. The van der Waals surface area contributed by atoms with E-state index in [9.17, 15) is 9.50 Å². The standard InChI is InChI=1S/C15H22FNO/c1-14(2,3)8-7-12(18)11-5-4-6-13(17-11)15(16)9-10-15/h4-6,12,18H,7-10H2,1-3H3/t12-/m0/s1. The Kier molecular flexibility index (Phi) is 3.45. The lowest BCUT2D eigenvalue weighted by atomic mass is 9.88. The van der Waals surface area contributed by atoms with Gasteiger partial charge in [0.25, 0.3) is 0 Å². The van der Waals surface area contributed by atoms with Crippen LogP contribution in [0.15, 0.2) is 18.2 Å². The van der Waals surface area contributed by atoms with E-state index in [-0.39, 0.29) is 5.41 Å². The lowest BCUT2D eigenvalue weighted by molar-refractivity contribution is 0.142. The third-order valence-electron chi connectivity index (χ3n) is 3.43. The van der Waals surface area contributed by atoms with Gasteiger partial charge in [-0.3, -0.25) is 4.98 Å². The first-order valence-electron chi connectivity index (χ1n) is 6.65. The second-order valence-electron chi connectivity index (χ2n) is 6.53. The van der Waals surface area contributed by atoms with Crippen molar-refractivity contribution in [1.29, 1.82) is 0 Å². The SMILES string of the molecule is CC(C)(C)CC[C@H](O)c1cccc(C2(F)CC2)n1. The van der Waals surface area contributed by atoms with Crippen molar-refractivity contribution in [3.05, 3.63) is 29.6 Å². The van der Waals surface area contributed by atoms with E-state index in [2.05, 4.69) is 25.8 Å². The maximum atomic E-state index is 13.9. The molecule has 3 heteroatoms. The van der Waals surface area contributed by atoms with E-state index in [1.165, 1.54) is 0 Å². The fraction of sp³-hybridized carbons (Fsp3) is 0.667. The molecule has 0 radical (unpaired) electrons. The van der Waals surface area contributed by atoms with Crippen molar-refractivity contribution in [3.63, 3.8) is 0 Å². The first-order chi connectivity index (χ1) is 8.30. The van der Waals surface area contributed by atoms with Crippen molar-refractivity contribution in [3.8, 4) is 0 Å². The molecule has 0 spiro atoms. The van der Waals surface area contributed by atoms with E-state index >= 15 is 0 Å².